The Kier molecular flexibility index (Phi) is 4.92. The Bertz CT molecular complexity index is 832. The maximum atomic E-state index is 12.7. The molecule has 3 aliphatic rings. The molecule has 1 aromatic rings. The van der Waals surface area contributed by atoms with Gasteiger partial charge >= 0.3 is 0 Å². The van der Waals surface area contributed by atoms with Crippen LogP contribution in [0.3, 0.4) is 0 Å². The normalized spacial score (nSPS) is 26.6. The number of hydrogen-bond acceptors (Lipinski definition) is 5. The second kappa shape index (κ2) is 7.19. The van der Waals surface area contributed by atoms with Crippen LogP contribution in [0.25, 0.3) is 0 Å². The number of thioether (sulfide) groups is 1. The highest BCUT2D eigenvalue weighted by atomic mass is 32.2. The van der Waals surface area contributed by atoms with E-state index < -0.39 is 0 Å². The lowest BCUT2D eigenvalue weighted by molar-refractivity contribution is -0.122. The van der Waals surface area contributed by atoms with E-state index in [4.69, 9.17) is 12.2 Å². The van der Waals surface area contributed by atoms with Crippen LogP contribution in [0.4, 0.5) is 0 Å². The third kappa shape index (κ3) is 3.22. The highest BCUT2D eigenvalue weighted by Gasteiger charge is 2.36. The van der Waals surface area contributed by atoms with Crippen molar-refractivity contribution in [3.8, 4) is 0 Å². The SMILES string of the molecule is CCCCN1C(=O)C(=CN2CC3CC(C2)c2cccc(=O)n2C3)SC1=S. The van der Waals surface area contributed by atoms with Gasteiger partial charge in [0, 0.05) is 50.1 Å². The van der Waals surface area contributed by atoms with E-state index in [-0.39, 0.29) is 11.5 Å². The number of hydrogen-bond donors (Lipinski definition) is 0. The van der Waals surface area contributed by atoms with E-state index in [1.807, 2.05) is 16.8 Å². The van der Waals surface area contributed by atoms with Crippen LogP contribution < -0.4 is 5.56 Å². The molecule has 4 rings (SSSR count). The second-order valence-corrected chi connectivity index (χ2v) is 9.00. The van der Waals surface area contributed by atoms with E-state index in [1.165, 1.54) is 11.8 Å². The maximum absolute atomic E-state index is 12.7. The number of carbonyl (C=O) groups is 1. The van der Waals surface area contributed by atoms with Crippen LogP contribution >= 0.6 is 24.0 Å². The summed E-state index contributed by atoms with van der Waals surface area (Å²) in [5, 5.41) is 0. The van der Waals surface area contributed by atoms with Crippen molar-refractivity contribution < 1.29 is 4.79 Å². The fraction of sp³-hybridized carbons (Fsp3) is 0.526. The van der Waals surface area contributed by atoms with Crippen LogP contribution in [-0.2, 0) is 11.3 Å². The lowest BCUT2D eigenvalue weighted by Crippen LogP contribution is -2.45. The van der Waals surface area contributed by atoms with E-state index in [2.05, 4.69) is 17.9 Å². The molecule has 0 aromatic carbocycles. The molecular weight excluding hydrogens is 366 g/mol. The van der Waals surface area contributed by atoms with E-state index in [0.717, 1.165) is 49.5 Å². The molecule has 26 heavy (non-hydrogen) atoms. The molecule has 0 radical (unpaired) electrons. The molecular formula is C19H23N3O2S2. The number of fused-ring (bicyclic) bond motifs is 4. The zero-order valence-corrected chi connectivity index (χ0v) is 16.5. The number of piperidine rings is 1. The average Bonchev–Trinajstić information content (AvgIpc) is 2.87. The number of amides is 1. The summed E-state index contributed by atoms with van der Waals surface area (Å²) in [6, 6.07) is 5.56. The van der Waals surface area contributed by atoms with Gasteiger partial charge < -0.3 is 9.47 Å². The topological polar surface area (TPSA) is 45.6 Å². The molecule has 0 saturated carbocycles. The number of pyridine rings is 1. The van der Waals surface area contributed by atoms with Crippen molar-refractivity contribution in [1.29, 1.82) is 0 Å². The Morgan fingerprint density at radius 2 is 2.12 bits per heavy atom. The average molecular weight is 390 g/mol. The minimum atomic E-state index is 0.0424. The second-order valence-electron chi connectivity index (χ2n) is 7.32. The molecule has 138 valence electrons. The standard InChI is InChI=1S/C19H23N3O2S2/c1-2-3-7-21-18(24)16(26-19(21)25)12-20-9-13-8-14(11-20)15-5-4-6-17(23)22(15)10-13/h4-6,12-14H,2-3,7-11H2,1H3. The fourth-order valence-electron chi connectivity index (χ4n) is 4.20. The third-order valence-electron chi connectivity index (χ3n) is 5.42. The molecule has 2 atom stereocenters. The van der Waals surface area contributed by atoms with Gasteiger partial charge in [-0.15, -0.1) is 0 Å². The quantitative estimate of drug-likeness (QED) is 0.585. The zero-order valence-electron chi connectivity index (χ0n) is 14.9. The highest BCUT2D eigenvalue weighted by Crippen LogP contribution is 2.37. The molecule has 2 fully saturated rings. The lowest BCUT2D eigenvalue weighted by Gasteiger charge is -2.42. The summed E-state index contributed by atoms with van der Waals surface area (Å²) < 4.78 is 2.60. The smallest absolute Gasteiger partial charge is 0.267 e. The van der Waals surface area contributed by atoms with Gasteiger partial charge in [-0.25, -0.2) is 0 Å². The van der Waals surface area contributed by atoms with Gasteiger partial charge in [0.15, 0.2) is 0 Å². The monoisotopic (exact) mass is 389 g/mol. The van der Waals surface area contributed by atoms with Crippen LogP contribution in [0, 0.1) is 5.92 Å². The Labute approximate surface area is 163 Å². The van der Waals surface area contributed by atoms with Gasteiger partial charge in [-0.2, -0.15) is 0 Å². The number of carbonyl (C=O) groups excluding carboxylic acids is 1. The Morgan fingerprint density at radius 1 is 1.27 bits per heavy atom. The third-order valence-corrected chi connectivity index (χ3v) is 6.78. The predicted molar refractivity (Wildman–Crippen MR) is 108 cm³/mol. The summed E-state index contributed by atoms with van der Waals surface area (Å²) in [6.07, 6.45) is 5.13. The molecule has 4 heterocycles. The van der Waals surface area contributed by atoms with Crippen LogP contribution in [0.15, 0.2) is 34.1 Å². The minimum Gasteiger partial charge on any atom is -0.375 e. The molecule has 7 heteroatoms. The van der Waals surface area contributed by atoms with Gasteiger partial charge in [0.2, 0.25) is 0 Å². The Morgan fingerprint density at radius 3 is 2.92 bits per heavy atom. The van der Waals surface area contributed by atoms with Crippen LogP contribution in [-0.4, -0.2) is 44.2 Å². The van der Waals surface area contributed by atoms with Crippen LogP contribution in [0.5, 0.6) is 0 Å². The molecule has 1 amide bonds. The summed E-state index contributed by atoms with van der Waals surface area (Å²) in [4.78, 5) is 29.5. The van der Waals surface area contributed by atoms with Gasteiger partial charge in [0.05, 0.1) is 4.91 Å². The first-order valence-electron chi connectivity index (χ1n) is 9.26. The van der Waals surface area contributed by atoms with Crippen molar-refractivity contribution in [1.82, 2.24) is 14.4 Å². The molecule has 1 aromatic heterocycles. The maximum Gasteiger partial charge on any atom is 0.267 e. The Balaban J connectivity index is 1.53. The first kappa shape index (κ1) is 17.8. The number of likely N-dealkylation sites (tertiary alicyclic amines) is 1. The van der Waals surface area contributed by atoms with Gasteiger partial charge in [-0.3, -0.25) is 14.5 Å². The van der Waals surface area contributed by atoms with E-state index >= 15 is 0 Å². The van der Waals surface area contributed by atoms with Crippen molar-refractivity contribution in [3.05, 3.63) is 45.4 Å². The number of unbranched alkanes of at least 4 members (excludes halogenated alkanes) is 1. The summed E-state index contributed by atoms with van der Waals surface area (Å²) >= 11 is 6.81. The molecule has 2 saturated heterocycles. The van der Waals surface area contributed by atoms with Gasteiger partial charge in [-0.1, -0.05) is 43.4 Å². The molecule has 3 aliphatic heterocycles. The summed E-state index contributed by atoms with van der Waals surface area (Å²) in [5.74, 6) is 0.835. The number of rotatable bonds is 4. The van der Waals surface area contributed by atoms with E-state index in [9.17, 15) is 9.59 Å². The first-order valence-corrected chi connectivity index (χ1v) is 10.5. The molecule has 0 N–H and O–H groups in total. The Hall–Kier alpha value is -1.60. The van der Waals surface area contributed by atoms with Crippen molar-refractivity contribution in [2.45, 2.75) is 38.6 Å². The summed E-state index contributed by atoms with van der Waals surface area (Å²) in [6.45, 7) is 5.33. The largest absolute Gasteiger partial charge is 0.375 e. The van der Waals surface area contributed by atoms with Crippen molar-refractivity contribution >= 4 is 34.2 Å². The summed E-state index contributed by atoms with van der Waals surface area (Å²) in [5.41, 5.74) is 1.23. The minimum absolute atomic E-state index is 0.0424. The van der Waals surface area contributed by atoms with E-state index in [1.54, 1.807) is 11.0 Å². The van der Waals surface area contributed by atoms with Crippen molar-refractivity contribution in [2.75, 3.05) is 19.6 Å². The van der Waals surface area contributed by atoms with Crippen LogP contribution in [0.2, 0.25) is 0 Å². The first-order chi connectivity index (χ1) is 12.6. The number of nitrogens with zero attached hydrogens (tertiary/aromatic N) is 3. The fourth-order valence-corrected chi connectivity index (χ4v) is 5.52. The van der Waals surface area contributed by atoms with E-state index in [0.29, 0.717) is 22.7 Å². The predicted octanol–water partition coefficient (Wildman–Crippen LogP) is 2.77. The number of thiocarbonyl (C=S) groups is 1. The zero-order chi connectivity index (χ0) is 18.3. The van der Waals surface area contributed by atoms with Crippen molar-refractivity contribution in [3.63, 3.8) is 0 Å². The van der Waals surface area contributed by atoms with Crippen LogP contribution in [0.1, 0.15) is 37.8 Å². The highest BCUT2D eigenvalue weighted by molar-refractivity contribution is 8.26. The molecule has 2 bridgehead atoms. The van der Waals surface area contributed by atoms with Gasteiger partial charge in [0.1, 0.15) is 4.32 Å². The molecule has 0 spiro atoms. The molecule has 0 aliphatic carbocycles. The number of aromatic nitrogens is 1. The summed E-state index contributed by atoms with van der Waals surface area (Å²) in [7, 11) is 0. The molecule has 2 unspecified atom stereocenters. The van der Waals surface area contributed by atoms with Crippen molar-refractivity contribution in [2.24, 2.45) is 5.92 Å². The van der Waals surface area contributed by atoms with Gasteiger partial charge in [-0.05, 0) is 24.8 Å². The molecule has 5 nitrogen and oxygen atoms in total. The van der Waals surface area contributed by atoms with Gasteiger partial charge in [0.25, 0.3) is 11.5 Å². The lowest BCUT2D eigenvalue weighted by atomic mass is 9.83.